The number of aliphatic carboxylic acids is 1. The van der Waals surface area contributed by atoms with E-state index in [1.807, 2.05) is 31.2 Å². The Hall–Kier alpha value is -2.93. The molecule has 27 heavy (non-hydrogen) atoms. The van der Waals surface area contributed by atoms with Crippen LogP contribution in [0.3, 0.4) is 0 Å². The molecular formula is C20H20N2O4S. The van der Waals surface area contributed by atoms with Gasteiger partial charge >= 0.3 is 5.97 Å². The summed E-state index contributed by atoms with van der Waals surface area (Å²) in [5.74, 6) is -0.838. The Labute approximate surface area is 160 Å². The zero-order valence-electron chi connectivity index (χ0n) is 15.3. The van der Waals surface area contributed by atoms with Gasteiger partial charge in [-0.1, -0.05) is 42.0 Å². The van der Waals surface area contributed by atoms with E-state index in [2.05, 4.69) is 4.99 Å². The topological polar surface area (TPSA) is 80.9 Å². The van der Waals surface area contributed by atoms with E-state index in [-0.39, 0.29) is 0 Å². The van der Waals surface area contributed by atoms with Gasteiger partial charge in [0.15, 0.2) is 4.80 Å². The van der Waals surface area contributed by atoms with Crippen LogP contribution in [-0.2, 0) is 4.79 Å². The number of carbonyl (C=O) groups excluding carboxylic acids is 1. The van der Waals surface area contributed by atoms with Crippen LogP contribution in [0.5, 0.6) is 5.75 Å². The number of fused-ring (bicyclic) bond motifs is 1. The lowest BCUT2D eigenvalue weighted by Crippen LogP contribution is -2.27. The molecule has 1 unspecified atom stereocenters. The summed E-state index contributed by atoms with van der Waals surface area (Å²) in [4.78, 5) is 29.1. The van der Waals surface area contributed by atoms with Crippen molar-refractivity contribution in [3.8, 4) is 5.75 Å². The van der Waals surface area contributed by atoms with E-state index in [1.54, 1.807) is 29.7 Å². The molecule has 1 aromatic heterocycles. The van der Waals surface area contributed by atoms with Crippen molar-refractivity contribution >= 4 is 33.4 Å². The van der Waals surface area contributed by atoms with E-state index < -0.39 is 17.9 Å². The lowest BCUT2D eigenvalue weighted by atomic mass is 10.1. The Balaban J connectivity index is 2.27. The fraction of sp³-hybridized carbons (Fsp3) is 0.250. The zero-order valence-corrected chi connectivity index (χ0v) is 16.1. The van der Waals surface area contributed by atoms with Crippen LogP contribution < -0.4 is 9.54 Å². The average molecular weight is 384 g/mol. The highest BCUT2D eigenvalue weighted by atomic mass is 32.1. The van der Waals surface area contributed by atoms with Crippen LogP contribution in [0.15, 0.2) is 47.5 Å². The minimum atomic E-state index is -0.979. The maximum absolute atomic E-state index is 12.6. The monoisotopic (exact) mass is 384 g/mol. The number of hydrogen-bond acceptors (Lipinski definition) is 4. The van der Waals surface area contributed by atoms with E-state index in [0.29, 0.717) is 28.1 Å². The first kappa shape index (κ1) is 18.8. The lowest BCUT2D eigenvalue weighted by Gasteiger charge is -2.15. The van der Waals surface area contributed by atoms with Gasteiger partial charge in [-0.25, -0.2) is 4.79 Å². The van der Waals surface area contributed by atoms with Crippen molar-refractivity contribution in [3.63, 3.8) is 0 Å². The van der Waals surface area contributed by atoms with Crippen molar-refractivity contribution in [2.75, 3.05) is 7.11 Å². The molecule has 0 radical (unpaired) electrons. The molecule has 2 aromatic carbocycles. The fourth-order valence-electron chi connectivity index (χ4n) is 2.91. The number of amides is 1. The Bertz CT molecular complexity index is 1060. The van der Waals surface area contributed by atoms with Gasteiger partial charge in [0.1, 0.15) is 17.3 Å². The molecule has 1 amide bonds. The van der Waals surface area contributed by atoms with Crippen molar-refractivity contribution in [1.29, 1.82) is 0 Å². The third kappa shape index (κ3) is 3.64. The summed E-state index contributed by atoms with van der Waals surface area (Å²) in [5, 5.41) is 9.69. The summed E-state index contributed by atoms with van der Waals surface area (Å²) in [7, 11) is 1.53. The number of methoxy groups -OCH3 is 1. The molecule has 0 bridgehead atoms. The summed E-state index contributed by atoms with van der Waals surface area (Å²) in [6.07, 6.45) is 0.352. The van der Waals surface area contributed by atoms with E-state index in [9.17, 15) is 14.7 Å². The van der Waals surface area contributed by atoms with Crippen LogP contribution in [0.4, 0.5) is 0 Å². The largest absolute Gasteiger partial charge is 0.495 e. The Morgan fingerprint density at radius 2 is 1.93 bits per heavy atom. The van der Waals surface area contributed by atoms with Gasteiger partial charge in [-0.05, 0) is 37.6 Å². The fourth-order valence-corrected chi connectivity index (χ4v) is 4.00. The number of carboxylic acids is 1. The number of carboxylic acid groups (broad SMARTS) is 1. The first-order valence-corrected chi connectivity index (χ1v) is 9.34. The number of hydrogen-bond donors (Lipinski definition) is 1. The van der Waals surface area contributed by atoms with Crippen molar-refractivity contribution in [2.24, 2.45) is 4.99 Å². The number of para-hydroxylation sites is 1. The first-order valence-electron chi connectivity index (χ1n) is 8.52. The Kier molecular flexibility index (Phi) is 5.41. The molecule has 1 heterocycles. The van der Waals surface area contributed by atoms with Crippen LogP contribution in [0.25, 0.3) is 10.2 Å². The third-order valence-electron chi connectivity index (χ3n) is 4.31. The molecule has 0 fully saturated rings. The maximum Gasteiger partial charge on any atom is 0.326 e. The first-order chi connectivity index (χ1) is 13.0. The van der Waals surface area contributed by atoms with Gasteiger partial charge in [-0.15, -0.1) is 0 Å². The number of ether oxygens (including phenoxy) is 1. The van der Waals surface area contributed by atoms with Gasteiger partial charge < -0.3 is 9.84 Å². The molecular weight excluding hydrogens is 364 g/mol. The molecule has 0 aliphatic rings. The van der Waals surface area contributed by atoms with Gasteiger partial charge in [-0.2, -0.15) is 4.99 Å². The van der Waals surface area contributed by atoms with Gasteiger partial charge in [0.25, 0.3) is 5.91 Å². The summed E-state index contributed by atoms with van der Waals surface area (Å²) >= 11 is 1.27. The smallest absolute Gasteiger partial charge is 0.326 e. The van der Waals surface area contributed by atoms with Gasteiger partial charge in [-0.3, -0.25) is 9.36 Å². The quantitative estimate of drug-likeness (QED) is 0.726. The van der Waals surface area contributed by atoms with E-state index in [4.69, 9.17) is 4.74 Å². The van der Waals surface area contributed by atoms with E-state index in [1.165, 1.54) is 18.4 Å². The molecule has 0 aliphatic heterocycles. The molecule has 1 N–H and O–H groups in total. The molecule has 0 spiro atoms. The van der Waals surface area contributed by atoms with Crippen molar-refractivity contribution in [3.05, 3.63) is 58.4 Å². The molecule has 0 saturated heterocycles. The molecule has 7 heteroatoms. The normalized spacial score (nSPS) is 12.9. The molecule has 3 rings (SSSR count). The molecule has 0 saturated carbocycles. The number of rotatable bonds is 5. The zero-order chi connectivity index (χ0) is 19.6. The summed E-state index contributed by atoms with van der Waals surface area (Å²) in [5.41, 5.74) is 2.14. The average Bonchev–Trinajstić information content (AvgIpc) is 3.00. The Morgan fingerprint density at radius 1 is 1.22 bits per heavy atom. The summed E-state index contributed by atoms with van der Waals surface area (Å²) < 4.78 is 7.83. The highest BCUT2D eigenvalue weighted by Gasteiger charge is 2.24. The van der Waals surface area contributed by atoms with Crippen molar-refractivity contribution < 1.29 is 19.4 Å². The van der Waals surface area contributed by atoms with Gasteiger partial charge in [0.05, 0.1) is 11.8 Å². The van der Waals surface area contributed by atoms with E-state index >= 15 is 0 Å². The minimum Gasteiger partial charge on any atom is -0.495 e. The molecule has 1 atom stereocenters. The van der Waals surface area contributed by atoms with Crippen LogP contribution in [0, 0.1) is 6.92 Å². The number of aromatic nitrogens is 1. The number of nitrogens with zero attached hydrogens (tertiary/aromatic N) is 2. The second-order valence-electron chi connectivity index (χ2n) is 6.11. The van der Waals surface area contributed by atoms with Crippen LogP contribution in [-0.4, -0.2) is 28.7 Å². The highest BCUT2D eigenvalue weighted by Crippen LogP contribution is 2.30. The predicted octanol–water partition coefficient (Wildman–Crippen LogP) is 3.80. The minimum absolute atomic E-state index is 0.342. The molecule has 3 aromatic rings. The summed E-state index contributed by atoms with van der Waals surface area (Å²) in [6, 6.07) is 11.7. The second kappa shape index (κ2) is 7.75. The van der Waals surface area contributed by atoms with Crippen molar-refractivity contribution in [2.45, 2.75) is 26.3 Å². The third-order valence-corrected chi connectivity index (χ3v) is 5.33. The van der Waals surface area contributed by atoms with Gasteiger partial charge in [0, 0.05) is 5.56 Å². The van der Waals surface area contributed by atoms with Gasteiger partial charge in [0.2, 0.25) is 0 Å². The molecule has 0 aliphatic carbocycles. The maximum atomic E-state index is 12.6. The summed E-state index contributed by atoms with van der Waals surface area (Å²) in [6.45, 7) is 3.73. The number of carbonyl (C=O) groups is 2. The van der Waals surface area contributed by atoms with E-state index in [0.717, 1.165) is 10.3 Å². The van der Waals surface area contributed by atoms with Crippen molar-refractivity contribution in [1.82, 2.24) is 4.57 Å². The lowest BCUT2D eigenvalue weighted by molar-refractivity contribution is -0.140. The standard InChI is InChI=1S/C20H20N2O4S/c1-4-14(19(24)25)22-17-15(26-3)6-5-7-16(17)27-20(22)21-18(23)13-10-8-12(2)9-11-13/h5-11,14H,4H2,1-3H3,(H,24,25). The Morgan fingerprint density at radius 3 is 2.52 bits per heavy atom. The number of thiazole rings is 1. The SMILES string of the molecule is CCC(C(=O)O)n1c(=NC(=O)c2ccc(C)cc2)sc2cccc(OC)c21. The van der Waals surface area contributed by atoms with Crippen LogP contribution in [0.1, 0.15) is 35.3 Å². The molecule has 6 nitrogen and oxygen atoms in total. The second-order valence-corrected chi connectivity index (χ2v) is 7.12. The molecule has 140 valence electrons. The highest BCUT2D eigenvalue weighted by molar-refractivity contribution is 7.16. The number of aryl methyl sites for hydroxylation is 1. The predicted molar refractivity (Wildman–Crippen MR) is 104 cm³/mol. The van der Waals surface area contributed by atoms with Crippen LogP contribution in [0.2, 0.25) is 0 Å². The number of benzene rings is 2. The van der Waals surface area contributed by atoms with Crippen LogP contribution >= 0.6 is 11.3 Å².